The number of rotatable bonds is 40. The fraction of sp³-hybridized carbons (Fsp3) is 0.529. The van der Waals surface area contributed by atoms with Crippen LogP contribution < -0.4 is 5.32 Å². The predicted octanol–water partition coefficient (Wildman–Crippen LogP) is 13.1. The zero-order valence-corrected chi connectivity index (χ0v) is 38.4. The summed E-state index contributed by atoms with van der Waals surface area (Å²) in [6.45, 7) is 3.17. The molecule has 0 saturated carbocycles. The first-order valence-electron chi connectivity index (χ1n) is 22.7. The number of hydrogen-bond acceptors (Lipinski definition) is 7. The Morgan fingerprint density at radius 3 is 1.36 bits per heavy atom. The fourth-order valence-electron chi connectivity index (χ4n) is 5.25. The molecule has 342 valence electrons. The van der Waals surface area contributed by atoms with Gasteiger partial charge in [-0.15, -0.1) is 0 Å². The number of amides is 1. The van der Waals surface area contributed by atoms with Gasteiger partial charge in [-0.2, -0.15) is 0 Å². The van der Waals surface area contributed by atoms with Crippen LogP contribution >= 0.6 is 7.82 Å². The van der Waals surface area contributed by atoms with Gasteiger partial charge in [-0.25, -0.2) is 4.57 Å². The van der Waals surface area contributed by atoms with Crippen LogP contribution in [-0.4, -0.2) is 54.3 Å². The number of aliphatic hydroxyl groups excluding tert-OH is 1. The van der Waals surface area contributed by atoms with Crippen LogP contribution in [0, 0.1) is 0 Å². The number of nitrogens with one attached hydrogen (secondary N) is 1. The van der Waals surface area contributed by atoms with Crippen molar-refractivity contribution in [1.82, 2.24) is 5.32 Å². The second-order valence-corrected chi connectivity index (χ2v) is 15.7. The van der Waals surface area contributed by atoms with Gasteiger partial charge in [0.1, 0.15) is 12.7 Å². The van der Waals surface area contributed by atoms with Crippen molar-refractivity contribution in [1.29, 1.82) is 0 Å². The standard InChI is InChI=1S/C51H80NO8P/c1-3-5-7-9-11-13-15-17-19-21-23-24-26-28-30-32-34-36-38-40-42-44-51(55)58-47-49(53)48-60-61(56,57)59-46-45-52-50(54)43-41-39-37-35-33-31-29-27-25-22-20-18-16-14-12-10-8-6-4-2/h5-8,11-14,17-20,23-25,27-28,30-31,33,37,39,49,53H,3-4,9-10,15-16,21-22,26,29,32,34-36,38,40-48H2,1-2H3,(H,52,54)(H,56,57)/b7-5-,8-6-,13-11-,14-12-,19-17-,20-18-,24-23-,27-25-,30-28-,33-31-,39-37-. The molecule has 61 heavy (non-hydrogen) atoms. The third kappa shape index (κ3) is 47.1. The molecule has 9 nitrogen and oxygen atoms in total. The highest BCUT2D eigenvalue weighted by molar-refractivity contribution is 7.47. The number of carbonyl (C=O) groups excluding carboxylic acids is 2. The summed E-state index contributed by atoms with van der Waals surface area (Å²) in [5.41, 5.74) is 0. The van der Waals surface area contributed by atoms with Crippen LogP contribution in [0.5, 0.6) is 0 Å². The van der Waals surface area contributed by atoms with E-state index in [2.05, 4.69) is 141 Å². The molecule has 1 amide bonds. The number of phosphoric acid groups is 1. The molecular formula is C51H80NO8P. The molecular weight excluding hydrogens is 786 g/mol. The van der Waals surface area contributed by atoms with Crippen LogP contribution in [0.1, 0.15) is 142 Å². The van der Waals surface area contributed by atoms with Gasteiger partial charge in [0.05, 0.1) is 13.2 Å². The van der Waals surface area contributed by atoms with Crippen LogP contribution in [0.3, 0.4) is 0 Å². The van der Waals surface area contributed by atoms with E-state index in [-0.39, 0.29) is 38.5 Å². The van der Waals surface area contributed by atoms with Crippen molar-refractivity contribution in [2.75, 3.05) is 26.4 Å². The summed E-state index contributed by atoms with van der Waals surface area (Å²) in [5, 5.41) is 12.7. The Hall–Kier alpha value is -3.85. The molecule has 0 aliphatic carbocycles. The van der Waals surface area contributed by atoms with E-state index in [1.807, 2.05) is 12.2 Å². The second kappa shape index (κ2) is 45.7. The van der Waals surface area contributed by atoms with Crippen molar-refractivity contribution in [2.24, 2.45) is 0 Å². The van der Waals surface area contributed by atoms with E-state index in [4.69, 9.17) is 13.8 Å². The Kier molecular flexibility index (Phi) is 42.8. The van der Waals surface area contributed by atoms with Crippen LogP contribution in [0.25, 0.3) is 0 Å². The number of unbranched alkanes of at least 4 members (excludes halogenated alkanes) is 5. The number of esters is 1. The van der Waals surface area contributed by atoms with Crippen LogP contribution in [0.2, 0.25) is 0 Å². The quantitative estimate of drug-likeness (QED) is 0.0240. The Morgan fingerprint density at radius 1 is 0.508 bits per heavy atom. The van der Waals surface area contributed by atoms with Crippen molar-refractivity contribution < 1.29 is 37.9 Å². The highest BCUT2D eigenvalue weighted by atomic mass is 31.2. The van der Waals surface area contributed by atoms with E-state index in [0.717, 1.165) is 103 Å². The van der Waals surface area contributed by atoms with Gasteiger partial charge in [-0.3, -0.25) is 18.6 Å². The molecule has 0 aromatic rings. The molecule has 0 bridgehead atoms. The minimum absolute atomic E-state index is 0.0287. The van der Waals surface area contributed by atoms with Crippen molar-refractivity contribution in [3.8, 4) is 0 Å². The predicted molar refractivity (Wildman–Crippen MR) is 256 cm³/mol. The Balaban J connectivity index is 3.76. The topological polar surface area (TPSA) is 131 Å². The lowest BCUT2D eigenvalue weighted by Gasteiger charge is -2.15. The number of carbonyl (C=O) groups is 2. The normalized spacial score (nSPS) is 14.5. The van der Waals surface area contributed by atoms with E-state index < -0.39 is 26.5 Å². The molecule has 0 aliphatic heterocycles. The van der Waals surface area contributed by atoms with Gasteiger partial charge in [0.25, 0.3) is 0 Å². The van der Waals surface area contributed by atoms with Gasteiger partial charge in [-0.05, 0) is 96.3 Å². The summed E-state index contributed by atoms with van der Waals surface area (Å²) in [5.74, 6) is -0.635. The van der Waals surface area contributed by atoms with Crippen molar-refractivity contribution >= 4 is 19.7 Å². The van der Waals surface area contributed by atoms with Gasteiger partial charge in [0.2, 0.25) is 5.91 Å². The van der Waals surface area contributed by atoms with Gasteiger partial charge in [0, 0.05) is 19.4 Å². The molecule has 0 spiro atoms. The molecule has 0 fully saturated rings. The zero-order chi connectivity index (χ0) is 44.6. The zero-order valence-electron chi connectivity index (χ0n) is 37.5. The molecule has 0 rings (SSSR count). The second-order valence-electron chi connectivity index (χ2n) is 14.3. The van der Waals surface area contributed by atoms with E-state index in [9.17, 15) is 24.2 Å². The van der Waals surface area contributed by atoms with Gasteiger partial charge >= 0.3 is 13.8 Å². The molecule has 10 heteroatoms. The summed E-state index contributed by atoms with van der Waals surface area (Å²) < 4.78 is 26.9. The molecule has 2 atom stereocenters. The summed E-state index contributed by atoms with van der Waals surface area (Å²) in [7, 11) is -4.46. The monoisotopic (exact) mass is 866 g/mol. The first-order valence-corrected chi connectivity index (χ1v) is 24.2. The maximum absolute atomic E-state index is 12.1. The maximum atomic E-state index is 12.1. The van der Waals surface area contributed by atoms with Crippen LogP contribution in [0.15, 0.2) is 134 Å². The van der Waals surface area contributed by atoms with Crippen molar-refractivity contribution in [3.63, 3.8) is 0 Å². The average Bonchev–Trinajstić information content (AvgIpc) is 3.25. The van der Waals surface area contributed by atoms with Gasteiger partial charge in [0.15, 0.2) is 0 Å². The van der Waals surface area contributed by atoms with Gasteiger partial charge < -0.3 is 20.1 Å². The lowest BCUT2D eigenvalue weighted by molar-refractivity contribution is -0.147. The summed E-state index contributed by atoms with van der Waals surface area (Å²) >= 11 is 0. The lowest BCUT2D eigenvalue weighted by atomic mass is 10.1. The number of hydrogen-bond donors (Lipinski definition) is 3. The first kappa shape index (κ1) is 57.1. The highest BCUT2D eigenvalue weighted by Gasteiger charge is 2.23. The van der Waals surface area contributed by atoms with Gasteiger partial charge in [-0.1, -0.05) is 167 Å². The molecule has 0 saturated heterocycles. The van der Waals surface area contributed by atoms with E-state index in [1.165, 1.54) is 0 Å². The summed E-state index contributed by atoms with van der Waals surface area (Å²) in [6.07, 6.45) is 63.9. The van der Waals surface area contributed by atoms with Crippen LogP contribution in [-0.2, 0) is 27.9 Å². The lowest BCUT2D eigenvalue weighted by Crippen LogP contribution is -2.27. The number of phosphoric ester groups is 1. The molecule has 2 unspecified atom stereocenters. The molecule has 0 aromatic heterocycles. The van der Waals surface area contributed by atoms with E-state index >= 15 is 0 Å². The highest BCUT2D eigenvalue weighted by Crippen LogP contribution is 2.42. The minimum Gasteiger partial charge on any atom is -0.463 e. The molecule has 0 radical (unpaired) electrons. The minimum atomic E-state index is -4.46. The summed E-state index contributed by atoms with van der Waals surface area (Å²) in [4.78, 5) is 33.9. The van der Waals surface area contributed by atoms with Crippen molar-refractivity contribution in [3.05, 3.63) is 134 Å². The Bertz CT molecular complexity index is 1450. The molecule has 3 N–H and O–H groups in total. The average molecular weight is 866 g/mol. The van der Waals surface area contributed by atoms with E-state index in [1.54, 1.807) is 0 Å². The smallest absolute Gasteiger partial charge is 0.463 e. The third-order valence-electron chi connectivity index (χ3n) is 8.59. The third-order valence-corrected chi connectivity index (χ3v) is 9.57. The van der Waals surface area contributed by atoms with Crippen molar-refractivity contribution in [2.45, 2.75) is 148 Å². The number of allylic oxidation sites excluding steroid dienone is 22. The summed E-state index contributed by atoms with van der Waals surface area (Å²) in [6, 6.07) is 0. The largest absolute Gasteiger partial charge is 0.472 e. The van der Waals surface area contributed by atoms with Crippen LogP contribution in [0.4, 0.5) is 0 Å². The SMILES string of the molecule is CC/C=C\C/C=C\C/C=C\C/C=C\C/C=C\C/C=C\CCC(=O)NCCOP(=O)(O)OCC(O)COC(=O)CCCCCCC/C=C\C/C=C\C/C=C\C/C=C\C/C=C\CC. The fourth-order valence-corrected chi connectivity index (χ4v) is 6.01. The van der Waals surface area contributed by atoms with E-state index in [0.29, 0.717) is 12.8 Å². The molecule has 0 aliphatic rings. The molecule has 0 aromatic carbocycles. The number of ether oxygens (including phenoxy) is 1. The Labute approximate surface area is 370 Å². The number of aliphatic hydroxyl groups is 1. The first-order chi connectivity index (χ1) is 29.8. The maximum Gasteiger partial charge on any atom is 0.472 e. The Morgan fingerprint density at radius 2 is 0.902 bits per heavy atom. The molecule has 0 heterocycles.